The third-order valence-electron chi connectivity index (χ3n) is 3.39. The molecule has 1 atom stereocenters. The highest BCUT2D eigenvalue weighted by Crippen LogP contribution is 2.37. The summed E-state index contributed by atoms with van der Waals surface area (Å²) < 4.78 is 6.02. The van der Waals surface area contributed by atoms with Crippen molar-refractivity contribution < 1.29 is 9.53 Å². The molecule has 1 aliphatic rings. The molecule has 0 radical (unpaired) electrons. The lowest BCUT2D eigenvalue weighted by Crippen LogP contribution is -2.43. The Kier molecular flexibility index (Phi) is 4.32. The quantitative estimate of drug-likeness (QED) is 0.698. The molecule has 1 fully saturated rings. The van der Waals surface area contributed by atoms with Gasteiger partial charge in [-0.05, 0) is 39.0 Å². The number of Topliss-reactive ketones (excluding diaryl/α,β-unsaturated/α-hetero) is 1. The molecule has 0 heterocycles. The second-order valence-corrected chi connectivity index (χ2v) is 5.06. The fourth-order valence-electron chi connectivity index (χ4n) is 2.36. The van der Waals surface area contributed by atoms with Crippen molar-refractivity contribution in [1.29, 1.82) is 0 Å². The van der Waals surface area contributed by atoms with E-state index < -0.39 is 5.60 Å². The van der Waals surface area contributed by atoms with Crippen molar-refractivity contribution in [2.75, 3.05) is 0 Å². The Bertz CT molecular complexity index is 215. The summed E-state index contributed by atoms with van der Waals surface area (Å²) in [5, 5.41) is 0. The number of carbonyl (C=O) groups excluding carboxylic acids is 1. The molecule has 0 spiro atoms. The van der Waals surface area contributed by atoms with Crippen molar-refractivity contribution >= 4 is 5.78 Å². The van der Waals surface area contributed by atoms with Crippen LogP contribution in [-0.2, 0) is 9.53 Å². The minimum atomic E-state index is -0.441. The molecule has 1 aliphatic carbocycles. The van der Waals surface area contributed by atoms with Crippen LogP contribution in [-0.4, -0.2) is 17.5 Å². The van der Waals surface area contributed by atoms with Crippen LogP contribution in [0.1, 0.15) is 59.8 Å². The molecule has 1 unspecified atom stereocenters. The summed E-state index contributed by atoms with van der Waals surface area (Å²) in [5.41, 5.74) is -0.441. The molecule has 1 saturated carbocycles. The summed E-state index contributed by atoms with van der Waals surface area (Å²) in [7, 11) is 0. The van der Waals surface area contributed by atoms with E-state index in [9.17, 15) is 4.79 Å². The largest absolute Gasteiger partial charge is 0.364 e. The summed E-state index contributed by atoms with van der Waals surface area (Å²) >= 11 is 0. The molecule has 0 aliphatic heterocycles. The summed E-state index contributed by atoms with van der Waals surface area (Å²) in [6.45, 7) is 8.12. The molecule has 88 valence electrons. The first-order valence-electron chi connectivity index (χ1n) is 6.24. The maximum Gasteiger partial charge on any atom is 0.167 e. The maximum absolute atomic E-state index is 12.2. The Morgan fingerprint density at radius 1 is 1.27 bits per heavy atom. The number of hydrogen-bond acceptors (Lipinski definition) is 2. The Morgan fingerprint density at radius 3 is 2.20 bits per heavy atom. The van der Waals surface area contributed by atoms with Crippen LogP contribution in [0.2, 0.25) is 0 Å². The third kappa shape index (κ3) is 2.81. The highest BCUT2D eigenvalue weighted by Gasteiger charge is 2.43. The zero-order chi connectivity index (χ0) is 11.5. The average Bonchev–Trinajstić information content (AvgIpc) is 2.66. The van der Waals surface area contributed by atoms with Gasteiger partial charge in [0.05, 0.1) is 6.10 Å². The van der Waals surface area contributed by atoms with Crippen molar-refractivity contribution in [3.63, 3.8) is 0 Å². The number of ketones is 1. The van der Waals surface area contributed by atoms with Gasteiger partial charge in [0.2, 0.25) is 0 Å². The highest BCUT2D eigenvalue weighted by atomic mass is 16.5. The molecule has 0 aromatic heterocycles. The van der Waals surface area contributed by atoms with Gasteiger partial charge in [-0.25, -0.2) is 0 Å². The smallest absolute Gasteiger partial charge is 0.167 e. The van der Waals surface area contributed by atoms with Crippen LogP contribution in [0.3, 0.4) is 0 Å². The van der Waals surface area contributed by atoms with E-state index in [1.807, 2.05) is 13.8 Å². The molecule has 0 bridgehead atoms. The topological polar surface area (TPSA) is 26.3 Å². The van der Waals surface area contributed by atoms with Crippen molar-refractivity contribution in [1.82, 2.24) is 0 Å². The van der Waals surface area contributed by atoms with Crippen molar-refractivity contribution in [2.24, 2.45) is 5.92 Å². The minimum Gasteiger partial charge on any atom is -0.364 e. The number of carbonyl (C=O) groups is 1. The van der Waals surface area contributed by atoms with Crippen LogP contribution in [0.25, 0.3) is 0 Å². The number of rotatable bonds is 5. The average molecular weight is 212 g/mol. The molecular formula is C13H24O2. The maximum atomic E-state index is 12.2. The Hall–Kier alpha value is -0.370. The summed E-state index contributed by atoms with van der Waals surface area (Å²) in [6.07, 6.45) is 5.30. The van der Waals surface area contributed by atoms with E-state index in [2.05, 4.69) is 13.8 Å². The second-order valence-electron chi connectivity index (χ2n) is 5.06. The van der Waals surface area contributed by atoms with Crippen molar-refractivity contribution in [3.05, 3.63) is 0 Å². The Labute approximate surface area is 93.4 Å². The van der Waals surface area contributed by atoms with E-state index in [4.69, 9.17) is 4.74 Å². The fraction of sp³-hybridized carbons (Fsp3) is 0.923. The van der Waals surface area contributed by atoms with E-state index in [1.165, 1.54) is 0 Å². The van der Waals surface area contributed by atoms with Gasteiger partial charge in [-0.3, -0.25) is 4.79 Å². The molecule has 0 aromatic rings. The zero-order valence-corrected chi connectivity index (χ0v) is 10.5. The van der Waals surface area contributed by atoms with Gasteiger partial charge in [0.1, 0.15) is 5.60 Å². The molecular weight excluding hydrogens is 188 g/mol. The predicted molar refractivity (Wildman–Crippen MR) is 61.9 cm³/mol. The van der Waals surface area contributed by atoms with E-state index in [0.29, 0.717) is 5.78 Å². The van der Waals surface area contributed by atoms with E-state index >= 15 is 0 Å². The van der Waals surface area contributed by atoms with Gasteiger partial charge in [-0.2, -0.15) is 0 Å². The second kappa shape index (κ2) is 5.11. The fourth-order valence-corrected chi connectivity index (χ4v) is 2.36. The van der Waals surface area contributed by atoms with Gasteiger partial charge in [0.15, 0.2) is 5.78 Å². The lowest BCUT2D eigenvalue weighted by Gasteiger charge is -2.32. The SMILES string of the molecule is CCC(C)OC1(C(=O)C(C)C)CCCC1. The Balaban J connectivity index is 2.74. The minimum absolute atomic E-state index is 0.0900. The first kappa shape index (κ1) is 12.7. The monoisotopic (exact) mass is 212 g/mol. The highest BCUT2D eigenvalue weighted by molar-refractivity contribution is 5.89. The van der Waals surface area contributed by atoms with Crippen LogP contribution in [0, 0.1) is 5.92 Å². The van der Waals surface area contributed by atoms with Crippen LogP contribution in [0.4, 0.5) is 0 Å². The molecule has 15 heavy (non-hydrogen) atoms. The van der Waals surface area contributed by atoms with Gasteiger partial charge < -0.3 is 4.74 Å². The standard InChI is InChI=1S/C13H24O2/c1-5-11(4)15-13(8-6-7-9-13)12(14)10(2)3/h10-11H,5-9H2,1-4H3. The lowest BCUT2D eigenvalue weighted by atomic mass is 9.88. The van der Waals surface area contributed by atoms with Crippen LogP contribution < -0.4 is 0 Å². The zero-order valence-electron chi connectivity index (χ0n) is 10.5. The van der Waals surface area contributed by atoms with Gasteiger partial charge in [-0.15, -0.1) is 0 Å². The van der Waals surface area contributed by atoms with E-state index in [-0.39, 0.29) is 12.0 Å². The van der Waals surface area contributed by atoms with E-state index in [0.717, 1.165) is 32.1 Å². The summed E-state index contributed by atoms with van der Waals surface area (Å²) in [5.74, 6) is 0.396. The lowest BCUT2D eigenvalue weighted by molar-refractivity contribution is -0.154. The van der Waals surface area contributed by atoms with Crippen LogP contribution in [0.5, 0.6) is 0 Å². The van der Waals surface area contributed by atoms with E-state index in [1.54, 1.807) is 0 Å². The van der Waals surface area contributed by atoms with Crippen LogP contribution >= 0.6 is 0 Å². The van der Waals surface area contributed by atoms with Crippen LogP contribution in [0.15, 0.2) is 0 Å². The Morgan fingerprint density at radius 2 is 1.80 bits per heavy atom. The molecule has 0 aromatic carbocycles. The third-order valence-corrected chi connectivity index (χ3v) is 3.39. The molecule has 2 nitrogen and oxygen atoms in total. The molecule has 1 rings (SSSR count). The van der Waals surface area contributed by atoms with Gasteiger partial charge in [-0.1, -0.05) is 20.8 Å². The van der Waals surface area contributed by atoms with Crippen molar-refractivity contribution in [3.8, 4) is 0 Å². The summed E-state index contributed by atoms with van der Waals surface area (Å²) in [4.78, 5) is 12.2. The molecule has 0 saturated heterocycles. The normalized spacial score (nSPS) is 21.9. The first-order valence-corrected chi connectivity index (χ1v) is 6.24. The van der Waals surface area contributed by atoms with Gasteiger partial charge in [0.25, 0.3) is 0 Å². The number of ether oxygens (including phenoxy) is 1. The summed E-state index contributed by atoms with van der Waals surface area (Å²) in [6, 6.07) is 0. The van der Waals surface area contributed by atoms with Crippen molar-refractivity contribution in [2.45, 2.75) is 71.5 Å². The predicted octanol–water partition coefficient (Wildman–Crippen LogP) is 3.34. The molecule has 0 amide bonds. The van der Waals surface area contributed by atoms with Gasteiger partial charge >= 0.3 is 0 Å². The molecule has 0 N–H and O–H groups in total. The molecule has 2 heteroatoms. The first-order chi connectivity index (χ1) is 7.02. The van der Waals surface area contributed by atoms with Gasteiger partial charge in [0, 0.05) is 5.92 Å². The number of hydrogen-bond donors (Lipinski definition) is 0.